The van der Waals surface area contributed by atoms with Crippen molar-refractivity contribution in [1.29, 1.82) is 0 Å². The number of nitrogens with two attached hydrogens (primary N) is 2. The Kier molecular flexibility index (Phi) is 35.7. The van der Waals surface area contributed by atoms with Crippen molar-refractivity contribution in [2.24, 2.45) is 59.2 Å². The van der Waals surface area contributed by atoms with Gasteiger partial charge in [-0.2, -0.15) is 30.0 Å². The van der Waals surface area contributed by atoms with E-state index in [0.717, 1.165) is 136 Å². The van der Waals surface area contributed by atoms with E-state index in [9.17, 15) is 20.2 Å². The maximum atomic E-state index is 13.5. The molecule has 2 heterocycles. The summed E-state index contributed by atoms with van der Waals surface area (Å²) >= 11 is 0. The first-order valence-corrected chi connectivity index (χ1v) is 52.2. The maximum Gasteiger partial charge on any atom is 0.356 e. The third kappa shape index (κ3) is 27.3. The van der Waals surface area contributed by atoms with Crippen LogP contribution in [0.2, 0.25) is 0 Å². The Morgan fingerprint density at radius 3 is 0.487 bits per heavy atom. The maximum absolute atomic E-state index is 13.5. The second-order valence-electron chi connectivity index (χ2n) is 42.3. The minimum Gasteiger partial charge on any atom is -0.493 e. The summed E-state index contributed by atoms with van der Waals surface area (Å²) in [5, 5.41) is 47.1. The van der Waals surface area contributed by atoms with Gasteiger partial charge >= 0.3 is 11.4 Å². The van der Waals surface area contributed by atoms with E-state index < -0.39 is 21.2 Å². The van der Waals surface area contributed by atoms with Crippen molar-refractivity contribution < 1.29 is 47.7 Å². The Balaban J connectivity index is 0.000000224. The molecule has 26 nitrogen and oxygen atoms in total. The minimum absolute atomic E-state index is 0.00342. The SMILES string of the molecule is CC(C)COc1ccc(N(c2ccc(OCC(C)C)cc2)c2ccc(-c3c(N)c(N)c(-c4ccc(N(c5ccc(OCC(C)C)cc5)c5ccc(OCC(C)C)cc5)cc4)c4nn(CC(C)C)nc34)cc2)cc1.CC(C)COc1ccc(N(c2ccc(OCC(C)C)cc2)c2ccc(-c3c([N+](=O)[O-])c([N+](=O)[O-])c(-c4ccc(N(c5ccc(OCC(C)C)cc5)c5ccc(OCC(C)C)cc5)cc4)c4nn(CC(C)C)nc34)cc2)cc1. The van der Waals surface area contributed by atoms with Crippen LogP contribution in [-0.4, -0.2) is 92.7 Å². The van der Waals surface area contributed by atoms with E-state index in [1.165, 1.54) is 4.80 Å². The molecule has 0 aliphatic rings. The molecule has 0 spiro atoms. The Morgan fingerprint density at radius 2 is 0.353 bits per heavy atom. The molecule has 0 aliphatic carbocycles. The summed E-state index contributed by atoms with van der Waals surface area (Å²) in [6.45, 7) is 48.2. The van der Waals surface area contributed by atoms with E-state index in [4.69, 9.17) is 69.8 Å². The highest BCUT2D eigenvalue weighted by Crippen LogP contribution is 2.53. The second-order valence-corrected chi connectivity index (χ2v) is 42.3. The second kappa shape index (κ2) is 49.6. The van der Waals surface area contributed by atoms with Crippen LogP contribution in [0.15, 0.2) is 291 Å². The van der Waals surface area contributed by atoms with E-state index >= 15 is 0 Å². The van der Waals surface area contributed by atoms with Gasteiger partial charge in [0.05, 0.1) is 98.3 Å². The molecule has 0 unspecified atom stereocenters. The van der Waals surface area contributed by atoms with Crippen molar-refractivity contribution in [2.45, 2.75) is 152 Å². The van der Waals surface area contributed by atoms with Gasteiger partial charge in [0.15, 0.2) is 0 Å². The highest BCUT2D eigenvalue weighted by atomic mass is 16.6. The molecule has 0 saturated carbocycles. The van der Waals surface area contributed by atoms with E-state index in [1.807, 2.05) is 184 Å². The van der Waals surface area contributed by atoms with Crippen LogP contribution in [0.1, 0.15) is 138 Å². The number of rotatable bonds is 46. The molecule has 14 aromatic carbocycles. The van der Waals surface area contributed by atoms with E-state index in [1.54, 1.807) is 29.1 Å². The monoisotopic (exact) mass is 2020 g/mol. The zero-order valence-corrected chi connectivity index (χ0v) is 90.0. The summed E-state index contributed by atoms with van der Waals surface area (Å²) in [7, 11) is 0. The topological polar surface area (TPSA) is 287 Å². The molecule has 780 valence electrons. The van der Waals surface area contributed by atoms with Crippen molar-refractivity contribution in [3.8, 4) is 90.5 Å². The van der Waals surface area contributed by atoms with Crippen LogP contribution in [-0.2, 0) is 13.1 Å². The molecule has 0 atom stereocenters. The lowest BCUT2D eigenvalue weighted by Gasteiger charge is -2.26. The van der Waals surface area contributed by atoms with Crippen LogP contribution < -0.4 is 69.0 Å². The standard InChI is InChI=1S/C62H69N7O8.C62H73N7O4/c1-40(2)35-65-63-59-57(45-11-15-47(16-12-45)66(49-19-27-53(28-20-49)74-36-41(3)4)50-21-29-54(30-22-50)75-37-42(5)6)61(68(70)71)62(69(72)73)58(60(59)64-65)46-13-17-48(18-14-46)67(51-23-31-55(32-24-51)76-38-43(7)8)52-25-33-56(34-26-52)77-39-44(9)10;1-40(2)35-67-65-61-57(45-11-15-47(16-12-45)68(49-19-27-53(28-20-49)70-36-41(3)4)50-21-29-54(30-22-50)71-37-42(5)6)59(63)60(64)58(62(61)66-67)46-13-17-48(18-14-46)69(51-23-31-55(32-24-51)72-38-43(7)8)52-25-33-56(34-26-52)73-39-44(9)10/h11-34,40-44H,35-39H2,1-10H3;11-34,40-44H,35-39,63-64H2,1-10H3. The van der Waals surface area contributed by atoms with E-state index in [0.29, 0.717) is 153 Å². The molecule has 150 heavy (non-hydrogen) atoms. The Labute approximate surface area is 882 Å². The molecular formula is C124H142N14O12. The molecule has 0 fully saturated rings. The third-order valence-electron chi connectivity index (χ3n) is 24.3. The molecule has 0 amide bonds. The average molecular weight is 2020 g/mol. The van der Waals surface area contributed by atoms with Crippen molar-refractivity contribution in [3.05, 3.63) is 311 Å². The van der Waals surface area contributed by atoms with Gasteiger partial charge in [-0.1, -0.05) is 187 Å². The van der Waals surface area contributed by atoms with E-state index in [2.05, 4.69) is 241 Å². The fraction of sp³-hybridized carbons (Fsp3) is 0.323. The van der Waals surface area contributed by atoms with Crippen LogP contribution in [0.25, 0.3) is 66.6 Å². The smallest absolute Gasteiger partial charge is 0.356 e. The number of hydrogen-bond acceptors (Lipinski definition) is 22. The van der Waals surface area contributed by atoms with Crippen LogP contribution in [0.5, 0.6) is 46.0 Å². The van der Waals surface area contributed by atoms with Crippen LogP contribution in [0.4, 0.5) is 91.0 Å². The van der Waals surface area contributed by atoms with Crippen LogP contribution in [0, 0.1) is 79.4 Å². The largest absolute Gasteiger partial charge is 0.493 e. The lowest BCUT2D eigenvalue weighted by Crippen LogP contribution is -2.11. The summed E-state index contributed by atoms with van der Waals surface area (Å²) in [4.78, 5) is 37.5. The number of nitro groups is 2. The first kappa shape index (κ1) is 108. The first-order chi connectivity index (χ1) is 72.0. The molecule has 0 saturated heterocycles. The van der Waals surface area contributed by atoms with Crippen LogP contribution >= 0.6 is 0 Å². The zero-order valence-electron chi connectivity index (χ0n) is 90.0. The number of nitrogens with zero attached hydrogens (tertiary/aromatic N) is 12. The number of nitro benzene ring substituents is 2. The van der Waals surface area contributed by atoms with Gasteiger partial charge in [-0.25, -0.2) is 0 Å². The van der Waals surface area contributed by atoms with Crippen molar-refractivity contribution in [3.63, 3.8) is 0 Å². The highest BCUT2D eigenvalue weighted by Gasteiger charge is 2.40. The number of hydrogen-bond donors (Lipinski definition) is 2. The Hall–Kier alpha value is -16.1. The molecule has 2 aromatic heterocycles. The van der Waals surface area contributed by atoms with Gasteiger partial charge in [0.1, 0.15) is 68.1 Å². The van der Waals surface area contributed by atoms with Crippen molar-refractivity contribution in [2.75, 3.05) is 83.9 Å². The number of ether oxygens (including phenoxy) is 8. The molecule has 0 aliphatic heterocycles. The number of nitrogen functional groups attached to an aromatic ring is 2. The molecule has 16 rings (SSSR count). The molecule has 4 N–H and O–H groups in total. The lowest BCUT2D eigenvalue weighted by atomic mass is 9.93. The summed E-state index contributed by atoms with van der Waals surface area (Å²) in [5.41, 5.74) is 30.2. The Bertz CT molecular complexity index is 6490. The molecule has 0 bridgehead atoms. The zero-order chi connectivity index (χ0) is 107. The number of aromatic nitrogens is 6. The normalized spacial score (nSPS) is 11.6. The predicted molar refractivity (Wildman–Crippen MR) is 610 cm³/mol. The molecule has 16 aromatic rings. The molecular weight excluding hydrogens is 1880 g/mol. The fourth-order valence-electron chi connectivity index (χ4n) is 17.2. The third-order valence-corrected chi connectivity index (χ3v) is 24.3. The predicted octanol–water partition coefficient (Wildman–Crippen LogP) is 32.0. The number of fused-ring (bicyclic) bond motifs is 2. The van der Waals surface area contributed by atoms with Crippen molar-refractivity contribution >= 4 is 113 Å². The van der Waals surface area contributed by atoms with Gasteiger partial charge in [-0.3, -0.25) is 20.2 Å². The lowest BCUT2D eigenvalue weighted by molar-refractivity contribution is -0.421. The van der Waals surface area contributed by atoms with Gasteiger partial charge in [0.2, 0.25) is 0 Å². The minimum atomic E-state index is -0.682. The van der Waals surface area contributed by atoms with Gasteiger partial charge in [0, 0.05) is 79.4 Å². The molecule has 26 heteroatoms. The average Bonchev–Trinajstić information content (AvgIpc) is 1.52. The fourth-order valence-corrected chi connectivity index (χ4v) is 17.2. The quantitative estimate of drug-likeness (QED) is 0.0204. The van der Waals surface area contributed by atoms with Crippen LogP contribution in [0.3, 0.4) is 0 Å². The first-order valence-electron chi connectivity index (χ1n) is 52.2. The molecule has 0 radical (unpaired) electrons. The Morgan fingerprint density at radius 1 is 0.220 bits per heavy atom. The number of anilines is 14. The van der Waals surface area contributed by atoms with Gasteiger partial charge in [-0.05, 0) is 324 Å². The summed E-state index contributed by atoms with van der Waals surface area (Å²) in [5.74, 6) is 9.78. The number of benzene rings is 14. The van der Waals surface area contributed by atoms with Gasteiger partial charge in [-0.15, -0.1) is 0 Å². The van der Waals surface area contributed by atoms with Gasteiger partial charge in [0.25, 0.3) is 0 Å². The summed E-state index contributed by atoms with van der Waals surface area (Å²) in [6, 6.07) is 95.3. The summed E-state index contributed by atoms with van der Waals surface area (Å²) < 4.78 is 48.3. The van der Waals surface area contributed by atoms with Crippen molar-refractivity contribution in [1.82, 2.24) is 30.0 Å². The van der Waals surface area contributed by atoms with E-state index in [-0.39, 0.29) is 28.1 Å². The van der Waals surface area contributed by atoms with Gasteiger partial charge < -0.3 is 69.0 Å². The summed E-state index contributed by atoms with van der Waals surface area (Å²) in [6.07, 6.45) is 0. The highest BCUT2D eigenvalue weighted by molar-refractivity contribution is 6.13.